The number of ether oxygens (including phenoxy) is 1. The van der Waals surface area contributed by atoms with Gasteiger partial charge in [0.25, 0.3) is 5.02 Å². The van der Waals surface area contributed by atoms with E-state index < -0.39 is 11.0 Å². The molecule has 0 atom stereocenters. The zero-order valence-electron chi connectivity index (χ0n) is 6.96. The summed E-state index contributed by atoms with van der Waals surface area (Å²) < 4.78 is 4.61. The van der Waals surface area contributed by atoms with Gasteiger partial charge in [-0.25, -0.2) is 4.79 Å². The summed E-state index contributed by atoms with van der Waals surface area (Å²) in [5, 5.41) is -1.12. The lowest BCUT2D eigenvalue weighted by molar-refractivity contribution is 0.0535. The third-order valence-corrected chi connectivity index (χ3v) is 1.74. The molecule has 0 aromatic heterocycles. The third-order valence-electron chi connectivity index (χ3n) is 1.56. The van der Waals surface area contributed by atoms with Crippen molar-refractivity contribution in [1.82, 2.24) is 0 Å². The zero-order valence-corrected chi connectivity index (χ0v) is 8.47. The highest BCUT2D eigenvalue weighted by atomic mass is 35.5. The molecule has 1 aromatic rings. The van der Waals surface area contributed by atoms with Gasteiger partial charge in [0.05, 0.1) is 5.56 Å². The van der Waals surface area contributed by atoms with Gasteiger partial charge in [-0.1, -0.05) is 41.4 Å². The summed E-state index contributed by atoms with van der Waals surface area (Å²) >= 11 is 10.6. The SMILES string of the molecule is Cc1ccccc1C(=O)OC(Cl)Cl. The first kappa shape index (κ1) is 10.4. The molecule has 1 aromatic carbocycles. The molecule has 0 unspecified atom stereocenters. The summed E-state index contributed by atoms with van der Waals surface area (Å²) in [5.74, 6) is -0.506. The van der Waals surface area contributed by atoms with Gasteiger partial charge < -0.3 is 4.74 Å². The first-order valence-electron chi connectivity index (χ1n) is 3.66. The Bertz CT molecular complexity index is 310. The molecule has 2 nitrogen and oxygen atoms in total. The van der Waals surface area contributed by atoms with Crippen LogP contribution in [0.1, 0.15) is 15.9 Å². The quantitative estimate of drug-likeness (QED) is 0.564. The molecular formula is C9H8Cl2O2. The lowest BCUT2D eigenvalue weighted by atomic mass is 10.1. The first-order chi connectivity index (χ1) is 6.11. The van der Waals surface area contributed by atoms with Crippen molar-refractivity contribution in [2.45, 2.75) is 11.9 Å². The maximum atomic E-state index is 11.3. The smallest absolute Gasteiger partial charge is 0.340 e. The lowest BCUT2D eigenvalue weighted by Crippen LogP contribution is -2.09. The molecule has 0 fully saturated rings. The van der Waals surface area contributed by atoms with E-state index in [2.05, 4.69) is 4.74 Å². The summed E-state index contributed by atoms with van der Waals surface area (Å²) in [5.41, 5.74) is 1.32. The lowest BCUT2D eigenvalue weighted by Gasteiger charge is -2.06. The average molecular weight is 219 g/mol. The number of hydrogen-bond donors (Lipinski definition) is 0. The molecule has 0 aliphatic rings. The van der Waals surface area contributed by atoms with Crippen molar-refractivity contribution in [3.8, 4) is 0 Å². The van der Waals surface area contributed by atoms with Crippen LogP contribution in [0, 0.1) is 6.92 Å². The second kappa shape index (κ2) is 4.49. The van der Waals surface area contributed by atoms with E-state index in [4.69, 9.17) is 23.2 Å². The summed E-state index contributed by atoms with van der Waals surface area (Å²) in [6.45, 7) is 1.81. The molecule has 0 aliphatic carbocycles. The van der Waals surface area contributed by atoms with Gasteiger partial charge in [0, 0.05) is 0 Å². The Morgan fingerprint density at radius 1 is 1.38 bits per heavy atom. The molecule has 0 amide bonds. The van der Waals surface area contributed by atoms with Crippen molar-refractivity contribution in [2.24, 2.45) is 0 Å². The van der Waals surface area contributed by atoms with E-state index in [1.54, 1.807) is 12.1 Å². The van der Waals surface area contributed by atoms with Crippen LogP contribution in [0.2, 0.25) is 0 Å². The number of esters is 1. The van der Waals surface area contributed by atoms with Crippen LogP contribution in [0.5, 0.6) is 0 Å². The van der Waals surface area contributed by atoms with Crippen LogP contribution in [0.3, 0.4) is 0 Å². The van der Waals surface area contributed by atoms with Gasteiger partial charge in [0.2, 0.25) is 0 Å². The van der Waals surface area contributed by atoms with E-state index in [1.165, 1.54) is 0 Å². The standard InChI is InChI=1S/C9H8Cl2O2/c1-6-4-2-3-5-7(6)8(12)13-9(10)11/h2-5,9H,1H3. The van der Waals surface area contributed by atoms with Crippen molar-refractivity contribution in [1.29, 1.82) is 0 Å². The molecule has 1 rings (SSSR count). The van der Waals surface area contributed by atoms with E-state index in [0.29, 0.717) is 5.56 Å². The van der Waals surface area contributed by atoms with Crippen LogP contribution in [0.25, 0.3) is 0 Å². The van der Waals surface area contributed by atoms with E-state index in [9.17, 15) is 4.79 Å². The van der Waals surface area contributed by atoms with Gasteiger partial charge in [0.15, 0.2) is 0 Å². The van der Waals surface area contributed by atoms with Crippen LogP contribution >= 0.6 is 23.2 Å². The Hall–Kier alpha value is -0.730. The predicted molar refractivity (Wildman–Crippen MR) is 52.1 cm³/mol. The Morgan fingerprint density at radius 2 is 2.00 bits per heavy atom. The highest BCUT2D eigenvalue weighted by Gasteiger charge is 2.12. The maximum Gasteiger partial charge on any atom is 0.340 e. The van der Waals surface area contributed by atoms with Crippen molar-refractivity contribution < 1.29 is 9.53 Å². The monoisotopic (exact) mass is 218 g/mol. The predicted octanol–water partition coefficient (Wildman–Crippen LogP) is 2.91. The maximum absolute atomic E-state index is 11.3. The molecular weight excluding hydrogens is 211 g/mol. The topological polar surface area (TPSA) is 26.3 Å². The Balaban J connectivity index is 2.83. The minimum Gasteiger partial charge on any atom is -0.428 e. The van der Waals surface area contributed by atoms with Crippen molar-refractivity contribution in [3.63, 3.8) is 0 Å². The van der Waals surface area contributed by atoms with Crippen molar-refractivity contribution in [3.05, 3.63) is 35.4 Å². The molecule has 0 N–H and O–H groups in total. The summed E-state index contributed by atoms with van der Waals surface area (Å²) in [6.07, 6.45) is 0. The number of halogens is 2. The Kier molecular flexibility index (Phi) is 3.58. The largest absolute Gasteiger partial charge is 0.428 e. The van der Waals surface area contributed by atoms with Gasteiger partial charge >= 0.3 is 5.97 Å². The highest BCUT2D eigenvalue weighted by molar-refractivity contribution is 6.43. The van der Waals surface area contributed by atoms with Gasteiger partial charge in [-0.05, 0) is 18.6 Å². The normalized spacial score (nSPS) is 10.2. The number of carbonyl (C=O) groups excluding carboxylic acids is 1. The summed E-state index contributed by atoms with van der Waals surface area (Å²) in [4.78, 5) is 11.3. The second-order valence-electron chi connectivity index (χ2n) is 2.48. The van der Waals surface area contributed by atoms with Crippen LogP contribution in [0.15, 0.2) is 24.3 Å². The molecule has 0 heterocycles. The molecule has 0 saturated heterocycles. The number of hydrogen-bond acceptors (Lipinski definition) is 2. The van der Waals surface area contributed by atoms with E-state index in [0.717, 1.165) is 5.56 Å². The summed E-state index contributed by atoms with van der Waals surface area (Å²) in [7, 11) is 0. The average Bonchev–Trinajstić information content (AvgIpc) is 2.03. The van der Waals surface area contributed by atoms with Crippen LogP contribution < -0.4 is 0 Å². The second-order valence-corrected chi connectivity index (χ2v) is 3.50. The molecule has 0 radical (unpaired) electrons. The third kappa shape index (κ3) is 2.90. The molecule has 4 heteroatoms. The van der Waals surface area contributed by atoms with E-state index >= 15 is 0 Å². The fourth-order valence-electron chi connectivity index (χ4n) is 0.946. The van der Waals surface area contributed by atoms with Gasteiger partial charge in [-0.2, -0.15) is 0 Å². The fourth-order valence-corrected chi connectivity index (χ4v) is 1.11. The molecule has 0 spiro atoms. The number of carbonyl (C=O) groups is 1. The molecule has 0 aliphatic heterocycles. The van der Waals surface area contributed by atoms with Gasteiger partial charge in [-0.3, -0.25) is 0 Å². The number of benzene rings is 1. The number of rotatable bonds is 2. The Labute approximate surface area is 86.4 Å². The van der Waals surface area contributed by atoms with E-state index in [-0.39, 0.29) is 0 Å². The van der Waals surface area contributed by atoms with Crippen LogP contribution in [0.4, 0.5) is 0 Å². The molecule has 70 valence electrons. The van der Waals surface area contributed by atoms with Crippen molar-refractivity contribution in [2.75, 3.05) is 0 Å². The number of aryl methyl sites for hydroxylation is 1. The minimum atomic E-state index is -1.12. The number of alkyl halides is 2. The molecule has 13 heavy (non-hydrogen) atoms. The molecule has 0 bridgehead atoms. The van der Waals surface area contributed by atoms with Gasteiger partial charge in [-0.15, -0.1) is 0 Å². The van der Waals surface area contributed by atoms with Crippen LogP contribution in [-0.4, -0.2) is 11.0 Å². The van der Waals surface area contributed by atoms with Crippen LogP contribution in [-0.2, 0) is 4.74 Å². The van der Waals surface area contributed by atoms with Crippen molar-refractivity contribution >= 4 is 29.2 Å². The zero-order chi connectivity index (χ0) is 9.84. The Morgan fingerprint density at radius 3 is 2.54 bits per heavy atom. The minimum absolute atomic E-state index is 0.480. The molecule has 0 saturated carbocycles. The van der Waals surface area contributed by atoms with E-state index in [1.807, 2.05) is 19.1 Å². The fraction of sp³-hybridized carbons (Fsp3) is 0.222. The summed E-state index contributed by atoms with van der Waals surface area (Å²) in [6, 6.07) is 7.06. The first-order valence-corrected chi connectivity index (χ1v) is 4.53. The van der Waals surface area contributed by atoms with Gasteiger partial charge in [0.1, 0.15) is 0 Å². The highest BCUT2D eigenvalue weighted by Crippen LogP contribution is 2.12.